The van der Waals surface area contributed by atoms with Crippen molar-refractivity contribution in [2.45, 2.75) is 92.7 Å². The quantitative estimate of drug-likeness (QED) is 0.368. The summed E-state index contributed by atoms with van der Waals surface area (Å²) in [6.07, 6.45) is 4.95. The number of carboxylic acid groups (broad SMARTS) is 1. The molecule has 2 heterocycles. The predicted molar refractivity (Wildman–Crippen MR) is 178 cm³/mol. The summed E-state index contributed by atoms with van der Waals surface area (Å²) in [5, 5.41) is 18.1. The van der Waals surface area contributed by atoms with E-state index in [1.165, 1.54) is 5.56 Å². The van der Waals surface area contributed by atoms with E-state index in [2.05, 4.69) is 0 Å². The van der Waals surface area contributed by atoms with E-state index in [9.17, 15) is 14.4 Å². The maximum absolute atomic E-state index is 12.0. The highest BCUT2D eigenvalue weighted by Gasteiger charge is 2.27. The van der Waals surface area contributed by atoms with Crippen molar-refractivity contribution in [3.05, 3.63) is 69.8 Å². The minimum atomic E-state index is -0.928. The highest BCUT2D eigenvalue weighted by Crippen LogP contribution is 2.23. The molecule has 2 N–H and O–H groups in total. The van der Waals surface area contributed by atoms with Crippen LogP contribution in [0.15, 0.2) is 36.4 Å². The molecule has 0 aromatic heterocycles. The monoisotopic (exact) mass is 629 g/mol. The summed E-state index contributed by atoms with van der Waals surface area (Å²) < 4.78 is 10.7. The zero-order chi connectivity index (χ0) is 31.7. The minimum Gasteiger partial charge on any atom is -0.478 e. The zero-order valence-corrected chi connectivity index (χ0v) is 27.5. The number of benzene rings is 2. The Bertz CT molecular complexity index is 1240. The summed E-state index contributed by atoms with van der Waals surface area (Å²) in [7, 11) is 0. The summed E-state index contributed by atoms with van der Waals surface area (Å²) >= 11 is 1.75. The number of hydrogen-bond donors (Lipinski definition) is 2. The average molecular weight is 630 g/mol. The molecule has 2 aromatic carbocycles. The maximum atomic E-state index is 12.0. The van der Waals surface area contributed by atoms with Gasteiger partial charge in [-0.25, -0.2) is 14.4 Å². The van der Waals surface area contributed by atoms with E-state index in [-0.39, 0.29) is 40.2 Å². The molecule has 0 saturated carbocycles. The van der Waals surface area contributed by atoms with Crippen LogP contribution in [0.3, 0.4) is 0 Å². The maximum Gasteiger partial charge on any atom is 0.410 e. The van der Waals surface area contributed by atoms with Gasteiger partial charge in [0.05, 0.1) is 12.2 Å². The number of ether oxygens (including phenoxy) is 2. The standard InChI is InChI=1S/C15H19NO4.C15H21NO3.C2H6S.CH4.B/c1-15(2,3)20-14(19)16-7-6-10-8-11(13(17)18)4-5-12(10)9-16;1-15(2,3)19-14(18)16-7-6-12-8-11(10-17)4-5-13(12)9-16;1-3-2;;/h4-5,8H,6-7,9H2,1-3H3,(H,17,18);4-5,8,17H,6-7,9-10H2,1-3H3;1-2H3;1H4;. The Morgan fingerprint density at radius 3 is 1.57 bits per heavy atom. The lowest BCUT2D eigenvalue weighted by molar-refractivity contribution is 0.0214. The van der Waals surface area contributed by atoms with E-state index in [0.29, 0.717) is 32.6 Å². The number of aromatic carboxylic acids is 1. The topological polar surface area (TPSA) is 117 Å². The molecule has 44 heavy (non-hydrogen) atoms. The van der Waals surface area contributed by atoms with Crippen LogP contribution in [0.1, 0.15) is 87.1 Å². The van der Waals surface area contributed by atoms with Crippen molar-refractivity contribution in [3.8, 4) is 0 Å². The smallest absolute Gasteiger partial charge is 0.410 e. The Kier molecular flexibility index (Phi) is 16.7. The fourth-order valence-electron chi connectivity index (χ4n) is 4.36. The molecular weight excluding hydrogens is 579 g/mol. The molecule has 0 bridgehead atoms. The first-order valence-corrected chi connectivity index (χ1v) is 15.6. The van der Waals surface area contributed by atoms with E-state index < -0.39 is 17.2 Å². The van der Waals surface area contributed by atoms with Crippen LogP contribution < -0.4 is 0 Å². The molecule has 9 nitrogen and oxygen atoms in total. The zero-order valence-electron chi connectivity index (χ0n) is 26.7. The van der Waals surface area contributed by atoms with E-state index in [1.807, 2.05) is 72.3 Å². The van der Waals surface area contributed by atoms with Gasteiger partial charge in [-0.05, 0) is 107 Å². The van der Waals surface area contributed by atoms with E-state index >= 15 is 0 Å². The van der Waals surface area contributed by atoms with Crippen LogP contribution in [-0.4, -0.2) is 83.4 Å². The number of aliphatic hydroxyl groups excluding tert-OH is 1. The highest BCUT2D eigenvalue weighted by atomic mass is 32.2. The van der Waals surface area contributed by atoms with Crippen LogP contribution in [0.25, 0.3) is 0 Å². The van der Waals surface area contributed by atoms with E-state index in [4.69, 9.17) is 19.7 Å². The van der Waals surface area contributed by atoms with Crippen molar-refractivity contribution >= 4 is 38.3 Å². The molecule has 2 aliphatic rings. The lowest BCUT2D eigenvalue weighted by atomic mass is 9.97. The number of carbonyl (C=O) groups excluding carboxylic acids is 2. The first kappa shape index (κ1) is 40.8. The second-order valence-electron chi connectivity index (χ2n) is 12.3. The molecule has 243 valence electrons. The summed E-state index contributed by atoms with van der Waals surface area (Å²) in [5.41, 5.74) is 4.55. The van der Waals surface area contributed by atoms with Gasteiger partial charge in [-0.2, -0.15) is 11.8 Å². The second kappa shape index (κ2) is 18.0. The van der Waals surface area contributed by atoms with Crippen molar-refractivity contribution in [3.63, 3.8) is 0 Å². The third kappa shape index (κ3) is 13.2. The Morgan fingerprint density at radius 1 is 0.773 bits per heavy atom. The number of carboxylic acids is 1. The lowest BCUT2D eigenvalue weighted by Gasteiger charge is -2.31. The van der Waals surface area contributed by atoms with Crippen molar-refractivity contribution < 1.29 is 34.1 Å². The van der Waals surface area contributed by atoms with Gasteiger partial charge in [-0.1, -0.05) is 31.7 Å². The van der Waals surface area contributed by atoms with Gasteiger partial charge in [0.25, 0.3) is 0 Å². The fourth-order valence-corrected chi connectivity index (χ4v) is 4.36. The molecule has 2 aromatic rings. The molecule has 0 atom stereocenters. The summed E-state index contributed by atoms with van der Waals surface area (Å²) in [6, 6.07) is 10.9. The number of aliphatic hydroxyl groups is 1. The lowest BCUT2D eigenvalue weighted by Crippen LogP contribution is -2.39. The van der Waals surface area contributed by atoms with Crippen LogP contribution in [0, 0.1) is 0 Å². The Labute approximate surface area is 269 Å². The van der Waals surface area contributed by atoms with Gasteiger partial charge < -0.3 is 29.5 Å². The van der Waals surface area contributed by atoms with Crippen molar-refractivity contribution in [1.29, 1.82) is 0 Å². The van der Waals surface area contributed by atoms with Crippen LogP contribution in [0.4, 0.5) is 9.59 Å². The first-order chi connectivity index (χ1) is 19.6. The van der Waals surface area contributed by atoms with Gasteiger partial charge in [-0.15, -0.1) is 0 Å². The van der Waals surface area contributed by atoms with Gasteiger partial charge in [0.15, 0.2) is 0 Å². The number of rotatable bonds is 2. The van der Waals surface area contributed by atoms with Crippen LogP contribution >= 0.6 is 11.8 Å². The molecule has 4 rings (SSSR count). The molecule has 0 aliphatic carbocycles. The number of hydrogen-bond acceptors (Lipinski definition) is 7. The average Bonchev–Trinajstić information content (AvgIpc) is 2.90. The molecule has 2 aliphatic heterocycles. The van der Waals surface area contributed by atoms with E-state index in [0.717, 1.165) is 28.7 Å². The van der Waals surface area contributed by atoms with Crippen LogP contribution in [0.5, 0.6) is 0 Å². The van der Waals surface area contributed by atoms with Gasteiger partial charge in [0.1, 0.15) is 11.2 Å². The molecule has 0 spiro atoms. The number of carbonyl (C=O) groups is 3. The minimum absolute atomic E-state index is 0. The van der Waals surface area contributed by atoms with E-state index in [1.54, 1.807) is 39.8 Å². The molecule has 0 fully saturated rings. The largest absolute Gasteiger partial charge is 0.478 e. The second-order valence-corrected chi connectivity index (χ2v) is 13.1. The first-order valence-electron chi connectivity index (χ1n) is 14.0. The third-order valence-corrected chi connectivity index (χ3v) is 6.23. The number of nitrogens with zero attached hydrogens (tertiary/aromatic N) is 2. The van der Waals surface area contributed by atoms with Gasteiger partial charge >= 0.3 is 18.2 Å². The van der Waals surface area contributed by atoms with Crippen molar-refractivity contribution in [2.24, 2.45) is 0 Å². The molecule has 11 heteroatoms. The van der Waals surface area contributed by atoms with Crippen molar-refractivity contribution in [2.75, 3.05) is 25.6 Å². The Balaban J connectivity index is 0.000000741. The van der Waals surface area contributed by atoms with Gasteiger partial charge in [0.2, 0.25) is 0 Å². The molecular formula is C33H50BN2O7S. The number of thioether (sulfide) groups is 1. The predicted octanol–water partition coefficient (Wildman–Crippen LogP) is 6.38. The van der Waals surface area contributed by atoms with Gasteiger partial charge in [0, 0.05) is 34.6 Å². The third-order valence-electron chi connectivity index (χ3n) is 6.23. The van der Waals surface area contributed by atoms with Crippen LogP contribution in [-0.2, 0) is 42.0 Å². The highest BCUT2D eigenvalue weighted by molar-refractivity contribution is 7.97. The summed E-state index contributed by atoms with van der Waals surface area (Å²) in [4.78, 5) is 38.3. The number of fused-ring (bicyclic) bond motifs is 2. The summed E-state index contributed by atoms with van der Waals surface area (Å²) in [5.74, 6) is -0.928. The van der Waals surface area contributed by atoms with Crippen molar-refractivity contribution in [1.82, 2.24) is 9.80 Å². The molecule has 0 saturated heterocycles. The molecule has 2 amide bonds. The Morgan fingerprint density at radius 2 is 1.18 bits per heavy atom. The molecule has 0 unspecified atom stereocenters. The number of amides is 2. The van der Waals surface area contributed by atoms with Crippen LogP contribution in [0.2, 0.25) is 0 Å². The summed E-state index contributed by atoms with van der Waals surface area (Å²) in [6.45, 7) is 13.4. The molecule has 3 radical (unpaired) electrons. The fraction of sp³-hybridized carbons (Fsp3) is 0.545. The van der Waals surface area contributed by atoms with Gasteiger partial charge in [-0.3, -0.25) is 0 Å². The normalized spacial score (nSPS) is 13.6. The Hall–Kier alpha value is -3.18. The SMILES string of the molecule is C.CC(C)(C)OC(=O)N1CCc2cc(C(=O)O)ccc2C1.CC(C)(C)OC(=O)N1CCc2cc(CO)ccc2C1.CSC.[B].